The molecule has 0 saturated carbocycles. The van der Waals surface area contributed by atoms with Gasteiger partial charge in [-0.05, 0) is 23.7 Å². The Morgan fingerprint density at radius 3 is 2.33 bits per heavy atom. The first kappa shape index (κ1) is 13.8. The first-order chi connectivity index (χ1) is 8.31. The summed E-state index contributed by atoms with van der Waals surface area (Å²) in [5.74, 6) is 0. The smallest absolute Gasteiger partial charge is 0.192 e. The fraction of sp³-hybridized carbons (Fsp3) is 0.600. The van der Waals surface area contributed by atoms with Crippen LogP contribution in [0.2, 0.25) is 18.1 Å². The summed E-state index contributed by atoms with van der Waals surface area (Å²) in [5, 5.41) is 0.268. The molecule has 0 amide bonds. The van der Waals surface area contributed by atoms with E-state index >= 15 is 0 Å². The SMILES string of the molecule is CC(C)(C)[Si](C)(C)OC[C@@H]1O[C@@H]1c1ccccc1. The Morgan fingerprint density at radius 2 is 1.78 bits per heavy atom. The molecule has 2 atom stereocenters. The second-order valence-electron chi connectivity index (χ2n) is 6.58. The predicted molar refractivity (Wildman–Crippen MR) is 77.2 cm³/mol. The minimum absolute atomic E-state index is 0.246. The molecule has 1 heterocycles. The second kappa shape index (κ2) is 4.80. The maximum absolute atomic E-state index is 6.18. The molecule has 100 valence electrons. The molecule has 3 heteroatoms. The van der Waals surface area contributed by atoms with Gasteiger partial charge in [-0.2, -0.15) is 0 Å². The monoisotopic (exact) mass is 264 g/mol. The second-order valence-corrected chi connectivity index (χ2v) is 11.4. The van der Waals surface area contributed by atoms with Crippen LogP contribution in [-0.4, -0.2) is 21.0 Å². The van der Waals surface area contributed by atoms with Crippen molar-refractivity contribution in [3.8, 4) is 0 Å². The van der Waals surface area contributed by atoms with E-state index in [9.17, 15) is 0 Å². The van der Waals surface area contributed by atoms with Crippen LogP contribution in [0.25, 0.3) is 0 Å². The molecule has 1 aliphatic rings. The summed E-state index contributed by atoms with van der Waals surface area (Å²) >= 11 is 0. The van der Waals surface area contributed by atoms with Crippen LogP contribution < -0.4 is 0 Å². The summed E-state index contributed by atoms with van der Waals surface area (Å²) in [6, 6.07) is 10.4. The van der Waals surface area contributed by atoms with Gasteiger partial charge in [0.2, 0.25) is 0 Å². The van der Waals surface area contributed by atoms with Crippen LogP contribution in [0.4, 0.5) is 0 Å². The van der Waals surface area contributed by atoms with E-state index in [2.05, 4.69) is 58.1 Å². The summed E-state index contributed by atoms with van der Waals surface area (Å²) in [6.45, 7) is 12.1. The third-order valence-electron chi connectivity index (χ3n) is 4.13. The molecule has 2 rings (SSSR count). The van der Waals surface area contributed by atoms with Crippen molar-refractivity contribution in [3.63, 3.8) is 0 Å². The van der Waals surface area contributed by atoms with Crippen molar-refractivity contribution in [1.29, 1.82) is 0 Å². The van der Waals surface area contributed by atoms with E-state index in [0.717, 1.165) is 6.61 Å². The van der Waals surface area contributed by atoms with Crippen molar-refractivity contribution >= 4 is 8.32 Å². The highest BCUT2D eigenvalue weighted by Gasteiger charge is 2.44. The fourth-order valence-electron chi connectivity index (χ4n) is 1.71. The van der Waals surface area contributed by atoms with E-state index in [1.54, 1.807) is 0 Å². The minimum Gasteiger partial charge on any atom is -0.414 e. The largest absolute Gasteiger partial charge is 0.414 e. The first-order valence-corrected chi connectivity index (χ1v) is 9.56. The van der Waals surface area contributed by atoms with Crippen LogP contribution >= 0.6 is 0 Å². The van der Waals surface area contributed by atoms with Crippen LogP contribution in [0.3, 0.4) is 0 Å². The van der Waals surface area contributed by atoms with E-state index < -0.39 is 8.32 Å². The normalized spacial score (nSPS) is 24.1. The van der Waals surface area contributed by atoms with Crippen molar-refractivity contribution in [2.45, 2.75) is 51.1 Å². The zero-order valence-electron chi connectivity index (χ0n) is 12.1. The molecule has 1 aromatic carbocycles. The standard InChI is InChI=1S/C15H24O2Si/c1-15(2,3)18(4,5)16-11-13-14(17-13)12-9-7-6-8-10-12/h6-10,13-14H,11H2,1-5H3/t13-,14+/m0/s1. The Kier molecular flexibility index (Phi) is 3.67. The maximum Gasteiger partial charge on any atom is 0.192 e. The summed E-state index contributed by atoms with van der Waals surface area (Å²) in [5.41, 5.74) is 1.27. The van der Waals surface area contributed by atoms with Gasteiger partial charge in [0, 0.05) is 0 Å². The number of benzene rings is 1. The molecule has 18 heavy (non-hydrogen) atoms. The van der Waals surface area contributed by atoms with Crippen molar-refractivity contribution in [1.82, 2.24) is 0 Å². The third kappa shape index (κ3) is 3.02. The van der Waals surface area contributed by atoms with Gasteiger partial charge in [0.25, 0.3) is 0 Å². The highest BCUT2D eigenvalue weighted by Crippen LogP contribution is 2.41. The van der Waals surface area contributed by atoms with E-state index in [1.165, 1.54) is 5.56 Å². The molecule has 2 nitrogen and oxygen atoms in total. The average molecular weight is 264 g/mol. The van der Waals surface area contributed by atoms with E-state index in [-0.39, 0.29) is 17.2 Å². The highest BCUT2D eigenvalue weighted by molar-refractivity contribution is 6.74. The molecule has 0 spiro atoms. The highest BCUT2D eigenvalue weighted by atomic mass is 28.4. The van der Waals surface area contributed by atoms with E-state index in [0.29, 0.717) is 0 Å². The molecule has 1 aliphatic heterocycles. The topological polar surface area (TPSA) is 21.8 Å². The van der Waals surface area contributed by atoms with Crippen LogP contribution in [0.5, 0.6) is 0 Å². The number of rotatable bonds is 4. The van der Waals surface area contributed by atoms with Gasteiger partial charge in [-0.1, -0.05) is 51.1 Å². The van der Waals surface area contributed by atoms with Gasteiger partial charge < -0.3 is 9.16 Å². The van der Waals surface area contributed by atoms with Crippen molar-refractivity contribution in [2.75, 3.05) is 6.61 Å². The Balaban J connectivity index is 1.85. The van der Waals surface area contributed by atoms with Gasteiger partial charge in [-0.25, -0.2) is 0 Å². The lowest BCUT2D eigenvalue weighted by Crippen LogP contribution is -2.41. The molecule has 0 radical (unpaired) electrons. The lowest BCUT2D eigenvalue weighted by molar-refractivity contribution is 0.242. The fourth-order valence-corrected chi connectivity index (χ4v) is 2.73. The van der Waals surface area contributed by atoms with Crippen LogP contribution in [0.1, 0.15) is 32.4 Å². The molecular weight excluding hydrogens is 240 g/mol. The molecule has 1 fully saturated rings. The molecule has 0 bridgehead atoms. The van der Waals surface area contributed by atoms with E-state index in [1.807, 2.05) is 6.07 Å². The van der Waals surface area contributed by atoms with Crippen molar-refractivity contribution in [2.24, 2.45) is 0 Å². The minimum atomic E-state index is -1.64. The molecule has 0 unspecified atom stereocenters. The lowest BCUT2D eigenvalue weighted by Gasteiger charge is -2.36. The Bertz CT molecular complexity index is 395. The van der Waals surface area contributed by atoms with E-state index in [4.69, 9.17) is 9.16 Å². The molecular formula is C15H24O2Si. The van der Waals surface area contributed by atoms with Crippen LogP contribution in [0, 0.1) is 0 Å². The number of ether oxygens (including phenoxy) is 1. The molecule has 1 saturated heterocycles. The molecule has 0 aliphatic carbocycles. The van der Waals surface area contributed by atoms with Crippen molar-refractivity contribution < 1.29 is 9.16 Å². The zero-order chi connectivity index (χ0) is 13.4. The molecule has 1 aromatic rings. The van der Waals surface area contributed by atoms with Crippen LogP contribution in [0.15, 0.2) is 30.3 Å². The number of hydrogen-bond acceptors (Lipinski definition) is 2. The predicted octanol–water partition coefficient (Wildman–Crippen LogP) is 4.15. The lowest BCUT2D eigenvalue weighted by atomic mass is 10.1. The Labute approximate surface area is 111 Å². The van der Waals surface area contributed by atoms with Gasteiger partial charge >= 0.3 is 0 Å². The summed E-state index contributed by atoms with van der Waals surface area (Å²) in [7, 11) is -1.64. The maximum atomic E-state index is 6.18. The molecule has 0 aromatic heterocycles. The summed E-state index contributed by atoms with van der Waals surface area (Å²) in [6.07, 6.45) is 0.498. The Morgan fingerprint density at radius 1 is 1.17 bits per heavy atom. The van der Waals surface area contributed by atoms with Gasteiger partial charge in [0.05, 0.1) is 6.61 Å². The van der Waals surface area contributed by atoms with Crippen molar-refractivity contribution in [3.05, 3.63) is 35.9 Å². The average Bonchev–Trinajstić information content (AvgIpc) is 3.06. The Hall–Kier alpha value is -0.643. The van der Waals surface area contributed by atoms with Gasteiger partial charge in [-0.15, -0.1) is 0 Å². The molecule has 0 N–H and O–H groups in total. The van der Waals surface area contributed by atoms with Gasteiger partial charge in [0.1, 0.15) is 12.2 Å². The number of epoxide rings is 1. The quantitative estimate of drug-likeness (QED) is 0.602. The zero-order valence-corrected chi connectivity index (χ0v) is 13.1. The third-order valence-corrected chi connectivity index (χ3v) is 8.63. The summed E-state index contributed by atoms with van der Waals surface area (Å²) < 4.78 is 11.9. The summed E-state index contributed by atoms with van der Waals surface area (Å²) in [4.78, 5) is 0. The first-order valence-electron chi connectivity index (χ1n) is 6.66. The van der Waals surface area contributed by atoms with Crippen LogP contribution in [-0.2, 0) is 9.16 Å². The van der Waals surface area contributed by atoms with Gasteiger partial charge in [0.15, 0.2) is 8.32 Å². The number of hydrogen-bond donors (Lipinski definition) is 0. The van der Waals surface area contributed by atoms with Gasteiger partial charge in [-0.3, -0.25) is 0 Å².